The second-order valence-corrected chi connectivity index (χ2v) is 8.46. The maximum absolute atomic E-state index is 12.2. The quantitative estimate of drug-likeness (QED) is 0.692. The molecule has 3 rings (SSSR count). The summed E-state index contributed by atoms with van der Waals surface area (Å²) in [7, 11) is 0. The minimum absolute atomic E-state index is 0.409. The summed E-state index contributed by atoms with van der Waals surface area (Å²) in [5.41, 5.74) is 2.25. The van der Waals surface area contributed by atoms with Gasteiger partial charge in [-0.05, 0) is 52.7 Å². The van der Waals surface area contributed by atoms with E-state index in [-0.39, 0.29) is 0 Å². The molecule has 7 heteroatoms. The number of nitrogens with zero attached hydrogens (tertiary/aromatic N) is 3. The molecule has 7 nitrogen and oxygen atoms in total. The normalized spacial score (nSPS) is 12.6. The minimum atomic E-state index is -0.522. The first-order valence-corrected chi connectivity index (χ1v) is 9.25. The standard InChI is InChI=1S/C21H27N5O2/c1-20(2,3)28-19(27)25-21(4,5)11-16-12-23-18-15(7-6-8-17(16)18)9-10-26-14-22-13-24-26/h6-10,12-14,23H,11H2,1-5H3,(H,25,27)/b10-9+. The molecule has 2 heterocycles. The molecule has 0 fully saturated rings. The van der Waals surface area contributed by atoms with Gasteiger partial charge in [0.25, 0.3) is 0 Å². The summed E-state index contributed by atoms with van der Waals surface area (Å²) in [6, 6.07) is 6.15. The van der Waals surface area contributed by atoms with Crippen LogP contribution in [-0.2, 0) is 11.2 Å². The number of ether oxygens (including phenoxy) is 1. The van der Waals surface area contributed by atoms with Crippen molar-refractivity contribution in [3.05, 3.63) is 48.2 Å². The van der Waals surface area contributed by atoms with Crippen LogP contribution in [0.25, 0.3) is 23.2 Å². The molecule has 3 aromatic rings. The van der Waals surface area contributed by atoms with E-state index in [1.54, 1.807) is 11.0 Å². The summed E-state index contributed by atoms with van der Waals surface area (Å²) in [4.78, 5) is 19.5. The fraction of sp³-hybridized carbons (Fsp3) is 0.381. The number of nitrogens with one attached hydrogen (secondary N) is 2. The minimum Gasteiger partial charge on any atom is -0.444 e. The lowest BCUT2D eigenvalue weighted by molar-refractivity contribution is 0.0472. The highest BCUT2D eigenvalue weighted by Crippen LogP contribution is 2.26. The highest BCUT2D eigenvalue weighted by molar-refractivity contribution is 5.91. The van der Waals surface area contributed by atoms with Crippen molar-refractivity contribution < 1.29 is 9.53 Å². The van der Waals surface area contributed by atoms with E-state index in [1.165, 1.54) is 6.33 Å². The van der Waals surface area contributed by atoms with Crippen LogP contribution in [0.15, 0.2) is 37.1 Å². The topological polar surface area (TPSA) is 84.8 Å². The van der Waals surface area contributed by atoms with Gasteiger partial charge in [-0.15, -0.1) is 0 Å². The molecule has 0 unspecified atom stereocenters. The zero-order chi connectivity index (χ0) is 20.4. The summed E-state index contributed by atoms with van der Waals surface area (Å²) in [6.45, 7) is 9.54. The van der Waals surface area contributed by atoms with Crippen LogP contribution in [0, 0.1) is 0 Å². The molecule has 148 valence electrons. The fourth-order valence-electron chi connectivity index (χ4n) is 3.07. The predicted molar refractivity (Wildman–Crippen MR) is 111 cm³/mol. The van der Waals surface area contributed by atoms with E-state index in [4.69, 9.17) is 4.74 Å². The van der Waals surface area contributed by atoms with Gasteiger partial charge in [-0.2, -0.15) is 5.10 Å². The highest BCUT2D eigenvalue weighted by Gasteiger charge is 2.26. The molecule has 0 aliphatic heterocycles. The van der Waals surface area contributed by atoms with E-state index in [0.29, 0.717) is 6.42 Å². The molecule has 2 aromatic heterocycles. The second kappa shape index (κ2) is 7.50. The Balaban J connectivity index is 1.78. The number of benzene rings is 1. The van der Waals surface area contributed by atoms with Crippen molar-refractivity contribution in [2.75, 3.05) is 0 Å². The van der Waals surface area contributed by atoms with Crippen molar-refractivity contribution in [2.24, 2.45) is 0 Å². The Kier molecular flexibility index (Phi) is 5.27. The lowest BCUT2D eigenvalue weighted by Gasteiger charge is -2.28. The second-order valence-electron chi connectivity index (χ2n) is 8.46. The van der Waals surface area contributed by atoms with Gasteiger partial charge >= 0.3 is 6.09 Å². The first kappa shape index (κ1) is 19.7. The van der Waals surface area contributed by atoms with Crippen molar-refractivity contribution >= 4 is 29.3 Å². The van der Waals surface area contributed by atoms with Gasteiger partial charge in [0, 0.05) is 28.9 Å². The molecule has 1 aromatic carbocycles. The lowest BCUT2D eigenvalue weighted by Crippen LogP contribution is -2.47. The average molecular weight is 381 g/mol. The number of carbonyl (C=O) groups is 1. The van der Waals surface area contributed by atoms with Gasteiger partial charge in [-0.3, -0.25) is 0 Å². The number of amides is 1. The lowest BCUT2D eigenvalue weighted by atomic mass is 9.94. The van der Waals surface area contributed by atoms with Gasteiger partial charge in [0.15, 0.2) is 0 Å². The number of aromatic amines is 1. The zero-order valence-corrected chi connectivity index (χ0v) is 17.0. The van der Waals surface area contributed by atoms with Crippen molar-refractivity contribution in [3.63, 3.8) is 0 Å². The molecule has 28 heavy (non-hydrogen) atoms. The van der Waals surface area contributed by atoms with Gasteiger partial charge in [-0.25, -0.2) is 14.5 Å². The SMILES string of the molecule is CC(C)(Cc1c[nH]c2c(/C=C/n3cncn3)cccc12)NC(=O)OC(C)(C)C. The van der Waals surface area contributed by atoms with Crippen molar-refractivity contribution in [1.29, 1.82) is 0 Å². The van der Waals surface area contributed by atoms with E-state index in [9.17, 15) is 4.79 Å². The van der Waals surface area contributed by atoms with Crippen LogP contribution < -0.4 is 5.32 Å². The van der Waals surface area contributed by atoms with Crippen LogP contribution in [0.4, 0.5) is 4.79 Å². The number of carbonyl (C=O) groups excluding carboxylic acids is 1. The summed E-state index contributed by atoms with van der Waals surface area (Å²) >= 11 is 0. The van der Waals surface area contributed by atoms with Crippen LogP contribution in [-0.4, -0.2) is 37.0 Å². The molecule has 0 atom stereocenters. The van der Waals surface area contributed by atoms with Crippen molar-refractivity contribution in [2.45, 2.75) is 52.2 Å². The summed E-state index contributed by atoms with van der Waals surface area (Å²) in [5, 5.41) is 8.17. The molecule has 0 bridgehead atoms. The molecular weight excluding hydrogens is 354 g/mol. The molecule has 0 aliphatic rings. The Morgan fingerprint density at radius 1 is 1.29 bits per heavy atom. The van der Waals surface area contributed by atoms with Crippen LogP contribution >= 0.6 is 0 Å². The van der Waals surface area contributed by atoms with Crippen molar-refractivity contribution in [1.82, 2.24) is 25.1 Å². The van der Waals surface area contributed by atoms with E-state index in [0.717, 1.165) is 22.0 Å². The van der Waals surface area contributed by atoms with Crippen LogP contribution in [0.2, 0.25) is 0 Å². The monoisotopic (exact) mass is 381 g/mol. The van der Waals surface area contributed by atoms with Crippen molar-refractivity contribution in [3.8, 4) is 0 Å². The Bertz CT molecular complexity index is 978. The van der Waals surface area contributed by atoms with E-state index in [1.807, 2.05) is 65.2 Å². The third kappa shape index (κ3) is 5.00. The number of fused-ring (bicyclic) bond motifs is 1. The number of aromatic nitrogens is 4. The van der Waals surface area contributed by atoms with E-state index >= 15 is 0 Å². The summed E-state index contributed by atoms with van der Waals surface area (Å²) in [5.74, 6) is 0. The first-order valence-electron chi connectivity index (χ1n) is 9.25. The number of hydrogen-bond donors (Lipinski definition) is 2. The van der Waals surface area contributed by atoms with Crippen LogP contribution in [0.3, 0.4) is 0 Å². The number of hydrogen-bond acceptors (Lipinski definition) is 4. The summed E-state index contributed by atoms with van der Waals surface area (Å²) < 4.78 is 7.04. The van der Waals surface area contributed by atoms with Gasteiger partial charge < -0.3 is 15.0 Å². The molecule has 1 amide bonds. The maximum Gasteiger partial charge on any atom is 0.408 e. The molecule has 0 spiro atoms. The number of rotatable bonds is 5. The largest absolute Gasteiger partial charge is 0.444 e. The van der Waals surface area contributed by atoms with E-state index in [2.05, 4.69) is 26.4 Å². The Hall–Kier alpha value is -3.09. The first-order chi connectivity index (χ1) is 13.1. The van der Waals surface area contributed by atoms with E-state index < -0.39 is 17.2 Å². The average Bonchev–Trinajstić information content (AvgIpc) is 3.20. The number of alkyl carbamates (subject to hydrolysis) is 1. The summed E-state index contributed by atoms with van der Waals surface area (Å²) in [6.07, 6.45) is 9.24. The Morgan fingerprint density at radius 2 is 2.07 bits per heavy atom. The smallest absolute Gasteiger partial charge is 0.408 e. The Labute approximate surface area is 164 Å². The maximum atomic E-state index is 12.2. The highest BCUT2D eigenvalue weighted by atomic mass is 16.6. The third-order valence-electron chi connectivity index (χ3n) is 4.15. The molecule has 0 saturated heterocycles. The molecule has 0 saturated carbocycles. The molecule has 0 radical (unpaired) electrons. The third-order valence-corrected chi connectivity index (χ3v) is 4.15. The fourth-order valence-corrected chi connectivity index (χ4v) is 3.07. The van der Waals surface area contributed by atoms with Gasteiger partial charge in [-0.1, -0.05) is 18.2 Å². The van der Waals surface area contributed by atoms with Gasteiger partial charge in [0.05, 0.1) is 5.52 Å². The predicted octanol–water partition coefficient (Wildman–Crippen LogP) is 4.23. The Morgan fingerprint density at radius 3 is 2.75 bits per heavy atom. The van der Waals surface area contributed by atoms with Crippen LogP contribution in [0.5, 0.6) is 0 Å². The molecule has 0 aliphatic carbocycles. The van der Waals surface area contributed by atoms with Gasteiger partial charge in [0.2, 0.25) is 0 Å². The molecular formula is C21H27N5O2. The number of para-hydroxylation sites is 1. The number of H-pyrrole nitrogens is 1. The van der Waals surface area contributed by atoms with Gasteiger partial charge in [0.1, 0.15) is 18.3 Å². The van der Waals surface area contributed by atoms with Crippen LogP contribution in [0.1, 0.15) is 45.7 Å². The zero-order valence-electron chi connectivity index (χ0n) is 17.0. The molecule has 2 N–H and O–H groups in total.